The summed E-state index contributed by atoms with van der Waals surface area (Å²) in [6, 6.07) is 5.82. The van der Waals surface area contributed by atoms with Crippen molar-refractivity contribution in [3.8, 4) is 0 Å². The molecule has 1 aromatic rings. The van der Waals surface area contributed by atoms with E-state index >= 15 is 0 Å². The number of nitrogens with zero attached hydrogens (tertiary/aromatic N) is 2. The first-order valence-corrected chi connectivity index (χ1v) is 11.1. The van der Waals surface area contributed by atoms with Crippen LogP contribution in [0.15, 0.2) is 18.2 Å². The molecule has 1 aromatic carbocycles. The van der Waals surface area contributed by atoms with Crippen molar-refractivity contribution >= 4 is 17.5 Å². The van der Waals surface area contributed by atoms with Crippen LogP contribution in [0.5, 0.6) is 0 Å². The van der Waals surface area contributed by atoms with Gasteiger partial charge >= 0.3 is 0 Å². The number of nitrogens with one attached hydrogen (secondary N) is 1. The van der Waals surface area contributed by atoms with Crippen molar-refractivity contribution in [3.63, 3.8) is 0 Å². The van der Waals surface area contributed by atoms with Crippen LogP contribution in [0.2, 0.25) is 0 Å². The molecule has 0 atom stereocenters. The summed E-state index contributed by atoms with van der Waals surface area (Å²) in [5.74, 6) is 0.0431. The Balaban J connectivity index is 1.52. The summed E-state index contributed by atoms with van der Waals surface area (Å²) in [7, 11) is 0. The molecule has 2 aliphatic heterocycles. The molecule has 1 N–H and O–H groups in total. The molecule has 3 aliphatic rings. The summed E-state index contributed by atoms with van der Waals surface area (Å²) >= 11 is 0. The van der Waals surface area contributed by atoms with Crippen molar-refractivity contribution < 1.29 is 14.3 Å². The van der Waals surface area contributed by atoms with Crippen molar-refractivity contribution in [2.45, 2.75) is 57.4 Å². The Morgan fingerprint density at radius 3 is 2.55 bits per heavy atom. The number of ether oxygens (including phenoxy) is 1. The third-order valence-electron chi connectivity index (χ3n) is 6.81. The Morgan fingerprint density at radius 1 is 1.10 bits per heavy atom. The first kappa shape index (κ1) is 20.4. The second-order valence-electron chi connectivity index (χ2n) is 8.74. The van der Waals surface area contributed by atoms with Crippen LogP contribution in [-0.4, -0.2) is 61.6 Å². The second kappa shape index (κ2) is 8.84. The van der Waals surface area contributed by atoms with Gasteiger partial charge in [-0.05, 0) is 38.3 Å². The molecule has 2 saturated heterocycles. The van der Waals surface area contributed by atoms with Crippen molar-refractivity contribution in [2.75, 3.05) is 44.3 Å². The summed E-state index contributed by atoms with van der Waals surface area (Å²) in [6.45, 7) is 6.76. The van der Waals surface area contributed by atoms with E-state index in [0.29, 0.717) is 25.1 Å². The van der Waals surface area contributed by atoms with E-state index in [-0.39, 0.29) is 17.4 Å². The third-order valence-corrected chi connectivity index (χ3v) is 6.81. The summed E-state index contributed by atoms with van der Waals surface area (Å²) in [6.07, 6.45) is 7.37. The van der Waals surface area contributed by atoms with Crippen LogP contribution in [0.1, 0.15) is 60.9 Å². The summed E-state index contributed by atoms with van der Waals surface area (Å²) in [5.41, 5.74) is 2.43. The lowest BCUT2D eigenvalue weighted by Crippen LogP contribution is -2.59. The van der Waals surface area contributed by atoms with Gasteiger partial charge in [0.15, 0.2) is 0 Å². The summed E-state index contributed by atoms with van der Waals surface area (Å²) in [5, 5.41) is 3.25. The predicted octanol–water partition coefficient (Wildman–Crippen LogP) is 2.89. The van der Waals surface area contributed by atoms with Crippen LogP contribution in [0.3, 0.4) is 0 Å². The minimum absolute atomic E-state index is 0.0329. The Labute approximate surface area is 173 Å². The van der Waals surface area contributed by atoms with Crippen LogP contribution in [-0.2, 0) is 9.53 Å². The molecule has 6 nitrogen and oxygen atoms in total. The van der Waals surface area contributed by atoms with E-state index in [4.69, 9.17) is 4.74 Å². The number of rotatable bonds is 5. The van der Waals surface area contributed by atoms with Gasteiger partial charge < -0.3 is 15.0 Å². The average Bonchev–Trinajstić information content (AvgIpc) is 3.19. The van der Waals surface area contributed by atoms with E-state index in [1.165, 1.54) is 19.3 Å². The Bertz CT molecular complexity index is 752. The fraction of sp³-hybridized carbons (Fsp3) is 0.652. The molecular formula is C23H33N3O3. The largest absolute Gasteiger partial charge is 0.379 e. The minimum atomic E-state index is -0.0680. The highest BCUT2D eigenvalue weighted by Gasteiger charge is 2.39. The standard InChI is InChI=1S/C23H33N3O3/c1-18-7-8-20(26-11-5-6-21(26)27)19(16-18)22(28)24-17-23(9-3-2-4-10-23)25-12-14-29-15-13-25/h7-8,16H,2-6,9-15,17H2,1H3,(H,24,28). The van der Waals surface area contributed by atoms with Gasteiger partial charge in [-0.15, -0.1) is 0 Å². The topological polar surface area (TPSA) is 61.9 Å². The first-order chi connectivity index (χ1) is 14.1. The summed E-state index contributed by atoms with van der Waals surface area (Å²) < 4.78 is 5.56. The fourth-order valence-electron chi connectivity index (χ4n) is 5.16. The maximum absolute atomic E-state index is 13.3. The molecule has 0 aromatic heterocycles. The number of benzene rings is 1. The van der Waals surface area contributed by atoms with Crippen molar-refractivity contribution in [1.29, 1.82) is 0 Å². The molecule has 1 aliphatic carbocycles. The molecule has 0 radical (unpaired) electrons. The highest BCUT2D eigenvalue weighted by molar-refractivity contribution is 6.05. The SMILES string of the molecule is Cc1ccc(N2CCCC2=O)c(C(=O)NCC2(N3CCOCC3)CCCCC2)c1. The number of morpholine rings is 1. The normalized spacial score (nSPS) is 22.7. The Hall–Kier alpha value is -1.92. The van der Waals surface area contributed by atoms with Crippen LogP contribution < -0.4 is 10.2 Å². The minimum Gasteiger partial charge on any atom is -0.379 e. The quantitative estimate of drug-likeness (QED) is 0.827. The van der Waals surface area contributed by atoms with Gasteiger partial charge in [-0.2, -0.15) is 0 Å². The van der Waals surface area contributed by atoms with Crippen LogP contribution in [0.4, 0.5) is 5.69 Å². The highest BCUT2D eigenvalue weighted by Crippen LogP contribution is 2.34. The number of aryl methyl sites for hydroxylation is 1. The molecule has 0 spiro atoms. The molecular weight excluding hydrogens is 366 g/mol. The summed E-state index contributed by atoms with van der Waals surface area (Å²) in [4.78, 5) is 29.8. The maximum Gasteiger partial charge on any atom is 0.253 e. The Kier molecular flexibility index (Phi) is 6.20. The Morgan fingerprint density at radius 2 is 1.86 bits per heavy atom. The monoisotopic (exact) mass is 399 g/mol. The second-order valence-corrected chi connectivity index (χ2v) is 8.74. The van der Waals surface area contributed by atoms with Gasteiger partial charge in [0.25, 0.3) is 5.91 Å². The number of hydrogen-bond acceptors (Lipinski definition) is 4. The number of amides is 2. The van der Waals surface area contributed by atoms with Crippen LogP contribution in [0.25, 0.3) is 0 Å². The number of carbonyl (C=O) groups is 2. The van der Waals surface area contributed by atoms with Gasteiger partial charge in [-0.3, -0.25) is 14.5 Å². The van der Waals surface area contributed by atoms with E-state index in [0.717, 1.165) is 56.8 Å². The molecule has 1 saturated carbocycles. The van der Waals surface area contributed by atoms with Gasteiger partial charge in [-0.1, -0.05) is 30.9 Å². The zero-order valence-electron chi connectivity index (χ0n) is 17.5. The maximum atomic E-state index is 13.3. The average molecular weight is 400 g/mol. The van der Waals surface area contributed by atoms with Gasteiger partial charge in [0.05, 0.1) is 24.5 Å². The first-order valence-electron chi connectivity index (χ1n) is 11.1. The lowest BCUT2D eigenvalue weighted by atomic mass is 9.79. The number of hydrogen-bond donors (Lipinski definition) is 1. The smallest absolute Gasteiger partial charge is 0.253 e. The lowest BCUT2D eigenvalue weighted by Gasteiger charge is -2.48. The van der Waals surface area contributed by atoms with E-state index in [2.05, 4.69) is 10.2 Å². The van der Waals surface area contributed by atoms with Crippen molar-refractivity contribution in [3.05, 3.63) is 29.3 Å². The zero-order chi connectivity index (χ0) is 20.3. The van der Waals surface area contributed by atoms with Crippen LogP contribution >= 0.6 is 0 Å². The fourth-order valence-corrected chi connectivity index (χ4v) is 5.16. The number of anilines is 1. The molecule has 4 rings (SSSR count). The van der Waals surface area contributed by atoms with Crippen LogP contribution in [0, 0.1) is 6.92 Å². The zero-order valence-corrected chi connectivity index (χ0v) is 17.5. The van der Waals surface area contributed by atoms with E-state index in [9.17, 15) is 9.59 Å². The molecule has 2 heterocycles. The lowest BCUT2D eigenvalue weighted by molar-refractivity contribution is -0.117. The van der Waals surface area contributed by atoms with Gasteiger partial charge in [0, 0.05) is 38.1 Å². The highest BCUT2D eigenvalue weighted by atomic mass is 16.5. The van der Waals surface area contributed by atoms with Crippen molar-refractivity contribution in [1.82, 2.24) is 10.2 Å². The predicted molar refractivity (Wildman–Crippen MR) is 113 cm³/mol. The van der Waals surface area contributed by atoms with Gasteiger partial charge in [0.2, 0.25) is 5.91 Å². The third kappa shape index (κ3) is 4.33. The number of carbonyl (C=O) groups excluding carboxylic acids is 2. The molecule has 0 bridgehead atoms. The van der Waals surface area contributed by atoms with E-state index in [1.54, 1.807) is 4.90 Å². The molecule has 29 heavy (non-hydrogen) atoms. The van der Waals surface area contributed by atoms with Crippen molar-refractivity contribution in [2.24, 2.45) is 0 Å². The molecule has 3 fully saturated rings. The molecule has 0 unspecified atom stereocenters. The molecule has 2 amide bonds. The molecule has 6 heteroatoms. The van der Waals surface area contributed by atoms with Gasteiger partial charge in [0.1, 0.15) is 0 Å². The van der Waals surface area contributed by atoms with E-state index in [1.807, 2.05) is 25.1 Å². The molecule has 158 valence electrons. The van der Waals surface area contributed by atoms with E-state index < -0.39 is 0 Å². The van der Waals surface area contributed by atoms with Gasteiger partial charge in [-0.25, -0.2) is 0 Å².